The van der Waals surface area contributed by atoms with Gasteiger partial charge in [0.15, 0.2) is 0 Å². The van der Waals surface area contributed by atoms with Gasteiger partial charge >= 0.3 is 6.09 Å². The predicted octanol–water partition coefficient (Wildman–Crippen LogP) is 6.96. The number of ether oxygens (including phenoxy) is 2. The van der Waals surface area contributed by atoms with Crippen molar-refractivity contribution in [1.29, 1.82) is 0 Å². The van der Waals surface area contributed by atoms with Crippen LogP contribution in [0.3, 0.4) is 0 Å². The Labute approximate surface area is 220 Å². The number of hydrogen-bond donors (Lipinski definition) is 3. The lowest BCUT2D eigenvalue weighted by Crippen LogP contribution is -2.34. The smallest absolute Gasteiger partial charge is 0.408 e. The molecule has 0 fully saturated rings. The Hall–Kier alpha value is -3.07. The zero-order valence-electron chi connectivity index (χ0n) is 21.3. The molecule has 0 saturated carbocycles. The highest BCUT2D eigenvalue weighted by Crippen LogP contribution is 2.31. The fourth-order valence-electron chi connectivity index (χ4n) is 3.78. The summed E-state index contributed by atoms with van der Waals surface area (Å²) in [6.45, 7) is 9.78. The number of nitrogens with one attached hydrogen (secondary N) is 2. The number of nitrogens with two attached hydrogens (primary N) is 1. The maximum atomic E-state index is 14.0. The molecule has 0 bridgehead atoms. The van der Waals surface area contributed by atoms with Crippen LogP contribution in [0.1, 0.15) is 59.1 Å². The van der Waals surface area contributed by atoms with Crippen LogP contribution in [0.15, 0.2) is 47.1 Å². The van der Waals surface area contributed by atoms with Crippen molar-refractivity contribution in [3.63, 3.8) is 0 Å². The van der Waals surface area contributed by atoms with Gasteiger partial charge in [0.05, 0.1) is 35.2 Å². The van der Waals surface area contributed by atoms with Crippen LogP contribution in [0.2, 0.25) is 0 Å². The lowest BCUT2D eigenvalue weighted by atomic mass is 10.1. The van der Waals surface area contributed by atoms with E-state index in [9.17, 15) is 9.18 Å². The fraction of sp³-hybridized carbons (Fsp3) is 0.407. The minimum atomic E-state index is -0.628. The number of nitrogen functional groups attached to an aromatic ring is 1. The Morgan fingerprint density at radius 1 is 1.19 bits per heavy atom. The van der Waals surface area contributed by atoms with Crippen LogP contribution in [-0.2, 0) is 4.74 Å². The Bertz CT molecular complexity index is 1210. The van der Waals surface area contributed by atoms with Crippen molar-refractivity contribution >= 4 is 44.3 Å². The number of carbonyl (C=O) groups is 1. The second-order valence-electron chi connectivity index (χ2n) is 9.80. The first-order valence-electron chi connectivity index (χ1n) is 12.0. The molecular formula is C27H34BrFN4O3. The van der Waals surface area contributed by atoms with Crippen LogP contribution in [0, 0.1) is 5.82 Å². The fourth-order valence-corrected chi connectivity index (χ4v) is 4.14. The molecule has 9 heteroatoms. The standard InChI is InChI=1S/C27H34BrFN4O3/c1-16(7-6-12-31-25-21-13-18(28)8-10-23(21)32-15-22(25)30)35-24-11-9-19(29)14-20(24)17(2)33-26(34)36-27(3,4)5/h8-11,13-17H,6-7,12,30H2,1-5H3,(H,31,32)(H,33,34). The molecule has 194 valence electrons. The summed E-state index contributed by atoms with van der Waals surface area (Å²) >= 11 is 3.50. The van der Waals surface area contributed by atoms with Gasteiger partial charge < -0.3 is 25.8 Å². The molecule has 3 rings (SSSR count). The number of anilines is 2. The highest BCUT2D eigenvalue weighted by molar-refractivity contribution is 9.10. The number of alkyl carbamates (subject to hydrolysis) is 1. The second-order valence-corrected chi connectivity index (χ2v) is 10.7. The quantitative estimate of drug-likeness (QED) is 0.244. The van der Waals surface area contributed by atoms with Gasteiger partial charge in [-0.15, -0.1) is 0 Å². The number of rotatable bonds is 9. The maximum Gasteiger partial charge on any atom is 0.408 e. The molecule has 1 amide bonds. The minimum absolute atomic E-state index is 0.134. The Balaban J connectivity index is 1.59. The van der Waals surface area contributed by atoms with Crippen LogP contribution >= 0.6 is 15.9 Å². The number of halogens is 2. The van der Waals surface area contributed by atoms with E-state index in [-0.39, 0.29) is 6.10 Å². The van der Waals surface area contributed by atoms with Gasteiger partial charge in [0.25, 0.3) is 0 Å². The van der Waals surface area contributed by atoms with Gasteiger partial charge in [-0.3, -0.25) is 4.98 Å². The van der Waals surface area contributed by atoms with Crippen molar-refractivity contribution in [1.82, 2.24) is 10.3 Å². The zero-order valence-corrected chi connectivity index (χ0v) is 22.9. The van der Waals surface area contributed by atoms with Gasteiger partial charge in [-0.05, 0) is 83.9 Å². The number of carbonyl (C=O) groups excluding carboxylic acids is 1. The molecule has 0 spiro atoms. The third-order valence-corrected chi connectivity index (χ3v) is 5.94. The molecule has 0 radical (unpaired) electrons. The predicted molar refractivity (Wildman–Crippen MR) is 146 cm³/mol. The van der Waals surface area contributed by atoms with Gasteiger partial charge in [-0.25, -0.2) is 9.18 Å². The van der Waals surface area contributed by atoms with Gasteiger partial charge in [-0.2, -0.15) is 0 Å². The molecule has 4 N–H and O–H groups in total. The van der Waals surface area contributed by atoms with Crippen LogP contribution in [0.4, 0.5) is 20.6 Å². The molecule has 36 heavy (non-hydrogen) atoms. The molecule has 2 unspecified atom stereocenters. The van der Waals surface area contributed by atoms with Crippen molar-refractivity contribution in [2.45, 2.75) is 65.2 Å². The zero-order chi connectivity index (χ0) is 26.5. The summed E-state index contributed by atoms with van der Waals surface area (Å²) in [7, 11) is 0. The molecule has 3 aromatic rings. The third-order valence-electron chi connectivity index (χ3n) is 5.45. The summed E-state index contributed by atoms with van der Waals surface area (Å²) in [5.74, 6) is 0.121. The van der Waals surface area contributed by atoms with E-state index in [0.717, 1.165) is 33.9 Å². The van der Waals surface area contributed by atoms with Gasteiger partial charge in [0, 0.05) is 22.0 Å². The Kier molecular flexibility index (Phi) is 9.00. The number of pyridine rings is 1. The molecule has 7 nitrogen and oxygen atoms in total. The number of nitrogens with zero attached hydrogens (tertiary/aromatic N) is 1. The van der Waals surface area contributed by atoms with E-state index in [1.54, 1.807) is 40.0 Å². The first kappa shape index (κ1) is 27.5. The van der Waals surface area contributed by atoms with E-state index in [1.807, 2.05) is 25.1 Å². The number of amides is 1. The summed E-state index contributed by atoms with van der Waals surface area (Å²) in [4.78, 5) is 16.6. The Morgan fingerprint density at radius 2 is 1.94 bits per heavy atom. The van der Waals surface area contributed by atoms with E-state index in [1.165, 1.54) is 12.1 Å². The van der Waals surface area contributed by atoms with E-state index >= 15 is 0 Å². The molecular weight excluding hydrogens is 527 g/mol. The van der Waals surface area contributed by atoms with Gasteiger partial charge in [0.1, 0.15) is 17.2 Å². The highest BCUT2D eigenvalue weighted by atomic mass is 79.9. The molecule has 2 atom stereocenters. The maximum absolute atomic E-state index is 14.0. The summed E-state index contributed by atoms with van der Waals surface area (Å²) in [6, 6.07) is 9.70. The van der Waals surface area contributed by atoms with Crippen molar-refractivity contribution in [3.8, 4) is 5.75 Å². The summed E-state index contributed by atoms with van der Waals surface area (Å²) < 4.78 is 26.4. The number of hydrogen-bond acceptors (Lipinski definition) is 6. The van der Waals surface area contributed by atoms with Gasteiger partial charge in [-0.1, -0.05) is 15.9 Å². The molecule has 1 aromatic heterocycles. The summed E-state index contributed by atoms with van der Waals surface area (Å²) in [5.41, 5.74) is 8.41. The lowest BCUT2D eigenvalue weighted by molar-refractivity contribution is 0.0507. The van der Waals surface area contributed by atoms with Crippen LogP contribution < -0.4 is 21.1 Å². The van der Waals surface area contributed by atoms with Gasteiger partial charge in [0.2, 0.25) is 0 Å². The average Bonchev–Trinajstić information content (AvgIpc) is 2.77. The normalized spacial score (nSPS) is 13.2. The molecule has 0 aliphatic carbocycles. The topological polar surface area (TPSA) is 98.5 Å². The first-order chi connectivity index (χ1) is 16.9. The molecule has 1 heterocycles. The summed E-state index contributed by atoms with van der Waals surface area (Å²) in [5, 5.41) is 7.13. The largest absolute Gasteiger partial charge is 0.490 e. The Morgan fingerprint density at radius 3 is 2.67 bits per heavy atom. The van der Waals surface area contributed by atoms with Crippen LogP contribution in [0.25, 0.3) is 10.9 Å². The number of aromatic nitrogens is 1. The van der Waals surface area contributed by atoms with Crippen LogP contribution in [0.5, 0.6) is 5.75 Å². The van der Waals surface area contributed by atoms with Crippen LogP contribution in [-0.4, -0.2) is 29.3 Å². The first-order valence-corrected chi connectivity index (χ1v) is 12.8. The van der Waals surface area contributed by atoms with E-state index in [2.05, 4.69) is 31.5 Å². The van der Waals surface area contributed by atoms with Crippen molar-refractivity contribution in [3.05, 3.63) is 58.4 Å². The molecule has 0 aliphatic rings. The number of fused-ring (bicyclic) bond motifs is 1. The molecule has 0 aliphatic heterocycles. The van der Waals surface area contributed by atoms with E-state index in [0.29, 0.717) is 23.5 Å². The molecule has 0 saturated heterocycles. The SMILES string of the molecule is CC(CCCNc1c(N)cnc2ccc(Br)cc12)Oc1ccc(F)cc1C(C)NC(=O)OC(C)(C)C. The second kappa shape index (κ2) is 11.8. The lowest BCUT2D eigenvalue weighted by Gasteiger charge is -2.24. The summed E-state index contributed by atoms with van der Waals surface area (Å²) in [6.07, 6.45) is 2.53. The van der Waals surface area contributed by atoms with E-state index in [4.69, 9.17) is 15.2 Å². The van der Waals surface area contributed by atoms with Crippen molar-refractivity contribution in [2.24, 2.45) is 0 Å². The minimum Gasteiger partial charge on any atom is -0.490 e. The monoisotopic (exact) mass is 560 g/mol. The molecule has 2 aromatic carbocycles. The number of benzene rings is 2. The third kappa shape index (κ3) is 7.71. The van der Waals surface area contributed by atoms with E-state index < -0.39 is 23.6 Å². The average molecular weight is 561 g/mol. The highest BCUT2D eigenvalue weighted by Gasteiger charge is 2.21. The van der Waals surface area contributed by atoms with Crippen molar-refractivity contribution in [2.75, 3.05) is 17.6 Å². The van der Waals surface area contributed by atoms with Crippen molar-refractivity contribution < 1.29 is 18.7 Å².